The van der Waals surface area contributed by atoms with Gasteiger partial charge in [-0.3, -0.25) is 9.69 Å². The predicted octanol–water partition coefficient (Wildman–Crippen LogP) is 0.960. The molecule has 4 unspecified atom stereocenters. The minimum atomic E-state index is 0.0584. The molecule has 4 atom stereocenters. The van der Waals surface area contributed by atoms with Gasteiger partial charge in [-0.25, -0.2) is 0 Å². The molecule has 0 spiro atoms. The molecule has 3 N–H and O–H groups in total. The van der Waals surface area contributed by atoms with Crippen molar-refractivity contribution >= 4 is 5.91 Å². The zero-order valence-electron chi connectivity index (χ0n) is 11.7. The molecule has 18 heavy (non-hydrogen) atoms. The Morgan fingerprint density at radius 2 is 2.22 bits per heavy atom. The highest BCUT2D eigenvalue weighted by Gasteiger charge is 2.38. The summed E-state index contributed by atoms with van der Waals surface area (Å²) >= 11 is 0. The van der Waals surface area contributed by atoms with Crippen LogP contribution in [0.5, 0.6) is 0 Å². The number of carbonyl (C=O) groups excluding carboxylic acids is 1. The third-order valence-electron chi connectivity index (χ3n) is 4.71. The average Bonchev–Trinajstić information content (AvgIpc) is 2.38. The van der Waals surface area contributed by atoms with Crippen molar-refractivity contribution in [2.45, 2.75) is 51.6 Å². The summed E-state index contributed by atoms with van der Waals surface area (Å²) in [5.41, 5.74) is 5.94. The van der Waals surface area contributed by atoms with Gasteiger partial charge in [0.2, 0.25) is 5.91 Å². The summed E-state index contributed by atoms with van der Waals surface area (Å²) in [7, 11) is 0. The molecule has 1 saturated heterocycles. The standard InChI is InChI=1S/C14H27N3O/c1-3-12-14(18)16-6-7-17(12)13-8-10(2)4-5-11(13)9-15/h10-13H,3-9,15H2,1-2H3,(H,16,18). The smallest absolute Gasteiger partial charge is 0.237 e. The zero-order chi connectivity index (χ0) is 13.1. The maximum Gasteiger partial charge on any atom is 0.237 e. The summed E-state index contributed by atoms with van der Waals surface area (Å²) < 4.78 is 0. The van der Waals surface area contributed by atoms with Crippen molar-refractivity contribution in [3.8, 4) is 0 Å². The topological polar surface area (TPSA) is 58.4 Å². The van der Waals surface area contributed by atoms with Crippen molar-refractivity contribution in [3.63, 3.8) is 0 Å². The SMILES string of the molecule is CCC1C(=O)NCCN1C1CC(C)CCC1CN. The van der Waals surface area contributed by atoms with Crippen LogP contribution < -0.4 is 11.1 Å². The van der Waals surface area contributed by atoms with Crippen LogP contribution in [0.3, 0.4) is 0 Å². The molecular weight excluding hydrogens is 226 g/mol. The van der Waals surface area contributed by atoms with Crippen molar-refractivity contribution in [2.24, 2.45) is 17.6 Å². The molecule has 0 bridgehead atoms. The van der Waals surface area contributed by atoms with E-state index in [2.05, 4.69) is 24.1 Å². The third kappa shape index (κ3) is 2.69. The second-order valence-electron chi connectivity index (χ2n) is 5.93. The molecule has 2 aliphatic rings. The lowest BCUT2D eigenvalue weighted by Gasteiger charge is -2.46. The first-order valence-corrected chi connectivity index (χ1v) is 7.40. The monoisotopic (exact) mass is 253 g/mol. The minimum absolute atomic E-state index is 0.0584. The number of amides is 1. The van der Waals surface area contributed by atoms with E-state index >= 15 is 0 Å². The highest BCUT2D eigenvalue weighted by atomic mass is 16.2. The van der Waals surface area contributed by atoms with Crippen molar-refractivity contribution in [3.05, 3.63) is 0 Å². The Labute approximate surface area is 110 Å². The van der Waals surface area contributed by atoms with Gasteiger partial charge in [-0.15, -0.1) is 0 Å². The number of nitrogens with two attached hydrogens (primary N) is 1. The molecule has 2 rings (SSSR count). The van der Waals surface area contributed by atoms with Crippen molar-refractivity contribution < 1.29 is 4.79 Å². The van der Waals surface area contributed by atoms with Gasteiger partial charge >= 0.3 is 0 Å². The number of nitrogens with one attached hydrogen (secondary N) is 1. The number of piperazine rings is 1. The molecule has 2 fully saturated rings. The summed E-state index contributed by atoms with van der Waals surface area (Å²) in [5.74, 6) is 1.54. The van der Waals surface area contributed by atoms with Gasteiger partial charge in [0, 0.05) is 19.1 Å². The van der Waals surface area contributed by atoms with Crippen molar-refractivity contribution in [1.29, 1.82) is 0 Å². The van der Waals surface area contributed by atoms with Crippen LogP contribution in [0.1, 0.15) is 39.5 Å². The summed E-state index contributed by atoms with van der Waals surface area (Å²) in [6, 6.07) is 0.567. The quantitative estimate of drug-likeness (QED) is 0.787. The van der Waals surface area contributed by atoms with Gasteiger partial charge in [-0.2, -0.15) is 0 Å². The summed E-state index contributed by atoms with van der Waals surface area (Å²) in [5, 5.41) is 2.98. The molecule has 1 heterocycles. The molecular formula is C14H27N3O. The molecule has 1 saturated carbocycles. The van der Waals surface area contributed by atoms with Crippen LogP contribution in [0.4, 0.5) is 0 Å². The molecule has 0 radical (unpaired) electrons. The molecule has 1 aliphatic carbocycles. The first-order chi connectivity index (χ1) is 8.67. The van der Waals surface area contributed by atoms with E-state index in [9.17, 15) is 4.79 Å². The van der Waals surface area contributed by atoms with Crippen molar-refractivity contribution in [2.75, 3.05) is 19.6 Å². The molecule has 104 valence electrons. The Hall–Kier alpha value is -0.610. The van der Waals surface area contributed by atoms with Gasteiger partial charge in [0.25, 0.3) is 0 Å². The maximum atomic E-state index is 12.0. The van der Waals surface area contributed by atoms with E-state index < -0.39 is 0 Å². The Balaban J connectivity index is 2.12. The summed E-state index contributed by atoms with van der Waals surface area (Å²) in [4.78, 5) is 14.4. The maximum absolute atomic E-state index is 12.0. The molecule has 1 amide bonds. The van der Waals surface area contributed by atoms with Crippen LogP contribution >= 0.6 is 0 Å². The number of nitrogens with zero attached hydrogens (tertiary/aromatic N) is 1. The van der Waals surface area contributed by atoms with Gasteiger partial charge in [0.15, 0.2) is 0 Å². The highest BCUT2D eigenvalue weighted by molar-refractivity contribution is 5.82. The van der Waals surface area contributed by atoms with E-state index in [0.717, 1.165) is 32.0 Å². The summed E-state index contributed by atoms with van der Waals surface area (Å²) in [6.07, 6.45) is 4.60. The van der Waals surface area contributed by atoms with Crippen LogP contribution in [-0.4, -0.2) is 42.5 Å². The van der Waals surface area contributed by atoms with E-state index in [4.69, 9.17) is 5.73 Å². The molecule has 4 nitrogen and oxygen atoms in total. The van der Waals surface area contributed by atoms with Crippen LogP contribution in [0.15, 0.2) is 0 Å². The van der Waals surface area contributed by atoms with Crippen LogP contribution in [0.2, 0.25) is 0 Å². The first-order valence-electron chi connectivity index (χ1n) is 7.40. The molecule has 0 aromatic heterocycles. The van der Waals surface area contributed by atoms with E-state index in [1.807, 2.05) is 0 Å². The van der Waals surface area contributed by atoms with Gasteiger partial charge in [0.05, 0.1) is 6.04 Å². The van der Waals surface area contributed by atoms with Gasteiger partial charge in [-0.1, -0.05) is 20.3 Å². The van der Waals surface area contributed by atoms with E-state index in [1.165, 1.54) is 19.3 Å². The molecule has 4 heteroatoms. The molecule has 1 aliphatic heterocycles. The van der Waals surface area contributed by atoms with Crippen molar-refractivity contribution in [1.82, 2.24) is 10.2 Å². The lowest BCUT2D eigenvalue weighted by Crippen LogP contribution is -2.61. The first kappa shape index (κ1) is 13.8. The second-order valence-corrected chi connectivity index (χ2v) is 5.93. The largest absolute Gasteiger partial charge is 0.353 e. The number of carbonyl (C=O) groups is 1. The van der Waals surface area contributed by atoms with Crippen LogP contribution in [0.25, 0.3) is 0 Å². The fourth-order valence-corrected chi connectivity index (χ4v) is 3.64. The summed E-state index contributed by atoms with van der Waals surface area (Å²) in [6.45, 7) is 6.96. The fraction of sp³-hybridized carbons (Fsp3) is 0.929. The Morgan fingerprint density at radius 1 is 1.44 bits per heavy atom. The van der Waals surface area contributed by atoms with E-state index in [-0.39, 0.29) is 11.9 Å². The number of hydrogen-bond acceptors (Lipinski definition) is 3. The second kappa shape index (κ2) is 6.02. The highest BCUT2D eigenvalue weighted by Crippen LogP contribution is 2.33. The Kier molecular flexibility index (Phi) is 4.62. The minimum Gasteiger partial charge on any atom is -0.353 e. The Bertz CT molecular complexity index is 295. The number of hydrogen-bond donors (Lipinski definition) is 2. The normalized spacial score (nSPS) is 38.5. The Morgan fingerprint density at radius 3 is 2.89 bits per heavy atom. The zero-order valence-corrected chi connectivity index (χ0v) is 11.7. The lowest BCUT2D eigenvalue weighted by atomic mass is 9.77. The van der Waals surface area contributed by atoms with Gasteiger partial charge in [-0.05, 0) is 37.6 Å². The predicted molar refractivity (Wildman–Crippen MR) is 73.1 cm³/mol. The van der Waals surface area contributed by atoms with Gasteiger partial charge < -0.3 is 11.1 Å². The third-order valence-corrected chi connectivity index (χ3v) is 4.71. The van der Waals surface area contributed by atoms with Crippen LogP contribution in [0, 0.1) is 11.8 Å². The molecule has 0 aromatic rings. The van der Waals surface area contributed by atoms with E-state index in [1.54, 1.807) is 0 Å². The van der Waals surface area contributed by atoms with E-state index in [0.29, 0.717) is 12.0 Å². The van der Waals surface area contributed by atoms with Crippen LogP contribution in [-0.2, 0) is 4.79 Å². The number of rotatable bonds is 3. The average molecular weight is 253 g/mol. The molecule has 0 aromatic carbocycles. The fourth-order valence-electron chi connectivity index (χ4n) is 3.64. The van der Waals surface area contributed by atoms with Gasteiger partial charge in [0.1, 0.15) is 0 Å². The lowest BCUT2D eigenvalue weighted by molar-refractivity contribution is -0.131.